The molecule has 0 saturated heterocycles. The van der Waals surface area contributed by atoms with E-state index in [0.717, 1.165) is 27.8 Å². The van der Waals surface area contributed by atoms with Crippen molar-refractivity contribution in [3.05, 3.63) is 88.0 Å². The zero-order valence-electron chi connectivity index (χ0n) is 25.7. The van der Waals surface area contributed by atoms with Gasteiger partial charge in [-0.2, -0.15) is 22.7 Å². The minimum Gasteiger partial charge on any atom is -0.464 e. The van der Waals surface area contributed by atoms with Gasteiger partial charge in [-0.05, 0) is 85.8 Å². The molecule has 0 saturated carbocycles. The van der Waals surface area contributed by atoms with Crippen LogP contribution in [0, 0.1) is 6.92 Å². The number of alkyl halides is 4. The Morgan fingerprint density at radius 1 is 1.02 bits per heavy atom. The number of hydrogen-bond donors (Lipinski definition) is 4. The zero-order valence-corrected chi connectivity index (χ0v) is 25.7. The van der Waals surface area contributed by atoms with Gasteiger partial charge in [-0.15, -0.1) is 0 Å². The smallest absolute Gasteiger partial charge is 0.412 e. The fourth-order valence-electron chi connectivity index (χ4n) is 5.00. The molecule has 47 heavy (non-hydrogen) atoms. The lowest BCUT2D eigenvalue weighted by Crippen LogP contribution is -2.46. The fourth-order valence-corrected chi connectivity index (χ4v) is 5.00. The first-order chi connectivity index (χ1) is 22.1. The van der Waals surface area contributed by atoms with Crippen LogP contribution in [0.5, 0.6) is 0 Å². The number of H-pyrrole nitrogens is 2. The van der Waals surface area contributed by atoms with E-state index < -0.39 is 35.6 Å². The number of aryl methyl sites for hydroxylation is 1. The van der Waals surface area contributed by atoms with Crippen LogP contribution in [0.2, 0.25) is 0 Å². The standard InChI is InChI=1S/C32H31F4N7O4/c1-16(2)43-28(45)23-13-17(3)22(15-25(23)42-43)19-7-5-18(6-8-19)14-24(37)27(44)38-21-11-9-20(10-12-21)26-39-29(41-40-26)31(33,34)32(35,36)30(46)47-4/h5-13,15-16,24,42H,14,37H2,1-4H3,(H,38,44)(H,39,40,41)/t24-/m0/s1. The molecule has 246 valence electrons. The summed E-state index contributed by atoms with van der Waals surface area (Å²) in [6.07, 6.45) is 0.233. The summed E-state index contributed by atoms with van der Waals surface area (Å²) in [5.41, 5.74) is 11.0. The van der Waals surface area contributed by atoms with Crippen molar-refractivity contribution in [1.29, 1.82) is 0 Å². The number of carbonyl (C=O) groups is 2. The van der Waals surface area contributed by atoms with Crippen LogP contribution in [0.3, 0.4) is 0 Å². The number of nitrogens with two attached hydrogens (primary N) is 1. The minimum absolute atomic E-state index is 0.00316. The van der Waals surface area contributed by atoms with Crippen LogP contribution in [0.1, 0.15) is 36.8 Å². The largest absolute Gasteiger partial charge is 0.464 e. The number of aromatic nitrogens is 5. The summed E-state index contributed by atoms with van der Waals surface area (Å²) in [7, 11) is 0.559. The Bertz CT molecular complexity index is 2000. The number of nitrogens with one attached hydrogen (secondary N) is 3. The average Bonchev–Trinajstić information content (AvgIpc) is 3.66. The number of nitrogens with zero attached hydrogens (tertiary/aromatic N) is 3. The van der Waals surface area contributed by atoms with Crippen LogP contribution in [0.25, 0.3) is 33.4 Å². The van der Waals surface area contributed by atoms with Crippen molar-refractivity contribution in [2.45, 2.75) is 51.1 Å². The minimum atomic E-state index is -5.18. The van der Waals surface area contributed by atoms with Crippen molar-refractivity contribution in [1.82, 2.24) is 25.0 Å². The van der Waals surface area contributed by atoms with Crippen LogP contribution in [-0.2, 0) is 26.7 Å². The number of methoxy groups -OCH3 is 1. The van der Waals surface area contributed by atoms with Gasteiger partial charge in [0.25, 0.3) is 5.56 Å². The van der Waals surface area contributed by atoms with E-state index >= 15 is 0 Å². The van der Waals surface area contributed by atoms with Crippen LogP contribution < -0.4 is 16.6 Å². The maximum atomic E-state index is 14.3. The molecule has 5 N–H and O–H groups in total. The van der Waals surface area contributed by atoms with Gasteiger partial charge in [-0.25, -0.2) is 14.5 Å². The first-order valence-corrected chi connectivity index (χ1v) is 14.4. The van der Waals surface area contributed by atoms with E-state index in [2.05, 4.69) is 25.2 Å². The van der Waals surface area contributed by atoms with Crippen molar-refractivity contribution in [3.8, 4) is 22.5 Å². The summed E-state index contributed by atoms with van der Waals surface area (Å²) < 4.78 is 61.7. The van der Waals surface area contributed by atoms with E-state index in [-0.39, 0.29) is 29.4 Å². The Morgan fingerprint density at radius 2 is 1.66 bits per heavy atom. The summed E-state index contributed by atoms with van der Waals surface area (Å²) >= 11 is 0. The second-order valence-corrected chi connectivity index (χ2v) is 11.3. The second-order valence-electron chi connectivity index (χ2n) is 11.3. The van der Waals surface area contributed by atoms with Gasteiger partial charge in [0.05, 0.1) is 24.1 Å². The third kappa shape index (κ3) is 6.25. The molecule has 5 aromatic rings. The van der Waals surface area contributed by atoms with Crippen molar-refractivity contribution in [2.75, 3.05) is 12.4 Å². The summed E-state index contributed by atoms with van der Waals surface area (Å²) in [6.45, 7) is 5.80. The highest BCUT2D eigenvalue weighted by Crippen LogP contribution is 2.42. The van der Waals surface area contributed by atoms with E-state index in [1.165, 1.54) is 24.3 Å². The quantitative estimate of drug-likeness (QED) is 0.121. The SMILES string of the molecule is COC(=O)C(F)(F)C(F)(F)c1nc(-c2ccc(NC(=O)[C@@H](N)Cc3ccc(-c4cc5[nH]n(C(C)C)c(=O)c5cc4C)cc3)cc2)n[nH]1. The van der Waals surface area contributed by atoms with E-state index in [9.17, 15) is 31.9 Å². The van der Waals surface area contributed by atoms with Gasteiger partial charge in [0, 0.05) is 17.3 Å². The fraction of sp³-hybridized carbons (Fsp3) is 0.281. The molecule has 5 rings (SSSR count). The number of halogens is 4. The molecule has 3 aromatic carbocycles. The van der Waals surface area contributed by atoms with Gasteiger partial charge in [0.15, 0.2) is 5.82 Å². The molecule has 0 unspecified atom stereocenters. The van der Waals surface area contributed by atoms with Crippen LogP contribution >= 0.6 is 0 Å². The number of benzene rings is 3. The molecule has 2 aromatic heterocycles. The number of hydrogen-bond acceptors (Lipinski definition) is 7. The monoisotopic (exact) mass is 653 g/mol. The lowest BCUT2D eigenvalue weighted by atomic mass is 9.96. The molecular weight excluding hydrogens is 622 g/mol. The van der Waals surface area contributed by atoms with Gasteiger partial charge in [0.2, 0.25) is 11.7 Å². The number of fused-ring (bicyclic) bond motifs is 1. The molecule has 0 spiro atoms. The van der Waals surface area contributed by atoms with Crippen molar-refractivity contribution in [3.63, 3.8) is 0 Å². The third-order valence-electron chi connectivity index (χ3n) is 7.66. The molecule has 2 heterocycles. The van der Waals surface area contributed by atoms with Crippen LogP contribution in [0.15, 0.2) is 65.5 Å². The second kappa shape index (κ2) is 12.5. The van der Waals surface area contributed by atoms with Crippen molar-refractivity contribution >= 4 is 28.5 Å². The third-order valence-corrected chi connectivity index (χ3v) is 7.66. The van der Waals surface area contributed by atoms with Gasteiger partial charge in [-0.3, -0.25) is 19.8 Å². The molecule has 15 heteroatoms. The number of anilines is 1. The summed E-state index contributed by atoms with van der Waals surface area (Å²) in [5, 5.41) is 11.8. The van der Waals surface area contributed by atoms with Crippen LogP contribution in [0.4, 0.5) is 23.2 Å². The molecule has 0 fully saturated rings. The summed E-state index contributed by atoms with van der Waals surface area (Å²) in [4.78, 5) is 40.1. The summed E-state index contributed by atoms with van der Waals surface area (Å²) in [6, 6.07) is 16.1. The molecule has 0 aliphatic carbocycles. The molecule has 11 nitrogen and oxygen atoms in total. The topological polar surface area (TPSA) is 161 Å². The van der Waals surface area contributed by atoms with Crippen molar-refractivity contribution in [2.24, 2.45) is 5.73 Å². The van der Waals surface area contributed by atoms with Gasteiger partial charge < -0.3 is 15.8 Å². The number of ether oxygens (including phenoxy) is 1. The van der Waals surface area contributed by atoms with Gasteiger partial charge in [-0.1, -0.05) is 24.3 Å². The highest BCUT2D eigenvalue weighted by Gasteiger charge is 2.66. The molecule has 0 radical (unpaired) electrons. The lowest BCUT2D eigenvalue weighted by Gasteiger charge is -2.21. The number of carbonyl (C=O) groups excluding carboxylic acids is 2. The lowest BCUT2D eigenvalue weighted by molar-refractivity contribution is -0.233. The normalized spacial score (nSPS) is 12.8. The zero-order chi connectivity index (χ0) is 34.3. The predicted octanol–water partition coefficient (Wildman–Crippen LogP) is 5.08. The molecule has 0 aliphatic heterocycles. The Kier molecular flexibility index (Phi) is 8.77. The van der Waals surface area contributed by atoms with E-state index in [1.807, 2.05) is 57.2 Å². The van der Waals surface area contributed by atoms with Crippen LogP contribution in [-0.4, -0.2) is 55.9 Å². The first kappa shape index (κ1) is 33.1. The Hall–Kier alpha value is -5.31. The maximum absolute atomic E-state index is 14.3. The Morgan fingerprint density at radius 3 is 2.28 bits per heavy atom. The highest BCUT2D eigenvalue weighted by molar-refractivity contribution is 5.95. The maximum Gasteiger partial charge on any atom is 0.412 e. The average molecular weight is 654 g/mol. The highest BCUT2D eigenvalue weighted by atomic mass is 19.3. The number of aromatic amines is 2. The van der Waals surface area contributed by atoms with E-state index in [1.54, 1.807) is 9.78 Å². The first-order valence-electron chi connectivity index (χ1n) is 14.4. The predicted molar refractivity (Wildman–Crippen MR) is 166 cm³/mol. The number of amides is 1. The van der Waals surface area contributed by atoms with Gasteiger partial charge in [0.1, 0.15) is 0 Å². The molecule has 1 atom stereocenters. The molecular formula is C32H31F4N7O4. The molecule has 1 amide bonds. The number of rotatable bonds is 10. The van der Waals surface area contributed by atoms with Crippen molar-refractivity contribution < 1.29 is 31.9 Å². The van der Waals surface area contributed by atoms with E-state index in [4.69, 9.17) is 5.73 Å². The molecule has 0 aliphatic rings. The molecule has 0 bridgehead atoms. The number of esters is 1. The Labute approximate surface area is 265 Å². The summed E-state index contributed by atoms with van der Waals surface area (Å²) in [5.74, 6) is -14.9. The Balaban J connectivity index is 1.22. The van der Waals surface area contributed by atoms with Gasteiger partial charge >= 0.3 is 17.8 Å². The van der Waals surface area contributed by atoms with E-state index in [0.29, 0.717) is 18.2 Å².